The van der Waals surface area contributed by atoms with Gasteiger partial charge in [0.2, 0.25) is 0 Å². The van der Waals surface area contributed by atoms with Crippen LogP contribution in [-0.4, -0.2) is 30.4 Å². The highest BCUT2D eigenvalue weighted by molar-refractivity contribution is 5.58. The third kappa shape index (κ3) is 1.15. The molecule has 2 nitrogen and oxygen atoms in total. The first-order chi connectivity index (χ1) is 4.63. The van der Waals surface area contributed by atoms with Crippen molar-refractivity contribution in [3.8, 4) is 0 Å². The van der Waals surface area contributed by atoms with Crippen molar-refractivity contribution in [3.05, 3.63) is 0 Å². The summed E-state index contributed by atoms with van der Waals surface area (Å²) in [5.74, 6) is 0.663. The standard InChI is InChI=1S/C8H16N2/c1-6(2)8-7(3)10(4)5-9-8/h5-8H,1-4H3. The molecule has 0 aromatic heterocycles. The predicted molar refractivity (Wildman–Crippen MR) is 44.3 cm³/mol. The molecule has 58 valence electrons. The lowest BCUT2D eigenvalue weighted by molar-refractivity contribution is 0.330. The van der Waals surface area contributed by atoms with Gasteiger partial charge in [0.15, 0.2) is 0 Å². The van der Waals surface area contributed by atoms with Crippen LogP contribution < -0.4 is 0 Å². The van der Waals surface area contributed by atoms with Crippen LogP contribution in [0.1, 0.15) is 20.8 Å². The topological polar surface area (TPSA) is 15.6 Å². The third-order valence-corrected chi connectivity index (χ3v) is 2.24. The Morgan fingerprint density at radius 2 is 2.10 bits per heavy atom. The van der Waals surface area contributed by atoms with E-state index < -0.39 is 0 Å². The van der Waals surface area contributed by atoms with Gasteiger partial charge in [0.05, 0.1) is 12.4 Å². The van der Waals surface area contributed by atoms with Crippen LogP contribution in [0.4, 0.5) is 0 Å². The first-order valence-corrected chi connectivity index (χ1v) is 3.88. The Hall–Kier alpha value is -0.530. The average molecular weight is 140 g/mol. The molecule has 1 aliphatic heterocycles. The summed E-state index contributed by atoms with van der Waals surface area (Å²) in [4.78, 5) is 6.57. The minimum absolute atomic E-state index is 0.505. The molecule has 0 bridgehead atoms. The Balaban J connectivity index is 2.58. The van der Waals surface area contributed by atoms with Crippen molar-refractivity contribution in [3.63, 3.8) is 0 Å². The lowest BCUT2D eigenvalue weighted by atomic mass is 9.99. The van der Waals surface area contributed by atoms with Crippen LogP contribution in [0, 0.1) is 5.92 Å². The van der Waals surface area contributed by atoms with Gasteiger partial charge < -0.3 is 4.90 Å². The molecule has 0 saturated carbocycles. The fourth-order valence-corrected chi connectivity index (χ4v) is 1.38. The zero-order valence-electron chi connectivity index (χ0n) is 7.20. The Morgan fingerprint density at radius 1 is 1.50 bits per heavy atom. The monoisotopic (exact) mass is 140 g/mol. The molecular formula is C8H16N2. The molecule has 0 radical (unpaired) electrons. The molecule has 0 N–H and O–H groups in total. The molecule has 2 atom stereocenters. The van der Waals surface area contributed by atoms with Gasteiger partial charge in [-0.1, -0.05) is 13.8 Å². The second-order valence-corrected chi connectivity index (χ2v) is 3.41. The average Bonchev–Trinajstić information content (AvgIpc) is 2.14. The van der Waals surface area contributed by atoms with E-state index in [0.717, 1.165) is 0 Å². The van der Waals surface area contributed by atoms with E-state index in [0.29, 0.717) is 18.0 Å². The minimum atomic E-state index is 0.505. The van der Waals surface area contributed by atoms with Gasteiger partial charge in [-0.25, -0.2) is 0 Å². The van der Waals surface area contributed by atoms with Crippen LogP contribution >= 0.6 is 0 Å². The first-order valence-electron chi connectivity index (χ1n) is 3.88. The molecule has 1 heterocycles. The Bertz CT molecular complexity index is 140. The summed E-state index contributed by atoms with van der Waals surface area (Å²) in [5, 5.41) is 0. The molecule has 2 unspecified atom stereocenters. The highest BCUT2D eigenvalue weighted by Gasteiger charge is 2.26. The van der Waals surface area contributed by atoms with E-state index in [9.17, 15) is 0 Å². The normalized spacial score (nSPS) is 32.3. The molecule has 1 aliphatic rings. The highest BCUT2D eigenvalue weighted by atomic mass is 15.2. The second-order valence-electron chi connectivity index (χ2n) is 3.41. The zero-order valence-corrected chi connectivity index (χ0v) is 7.20. The quantitative estimate of drug-likeness (QED) is 0.537. The number of hydrogen-bond donors (Lipinski definition) is 0. The molecule has 0 aromatic carbocycles. The van der Waals surface area contributed by atoms with E-state index in [2.05, 4.69) is 37.7 Å². The van der Waals surface area contributed by atoms with Gasteiger partial charge >= 0.3 is 0 Å². The smallest absolute Gasteiger partial charge is 0.0854 e. The summed E-state index contributed by atoms with van der Waals surface area (Å²) in [7, 11) is 2.08. The molecule has 10 heavy (non-hydrogen) atoms. The van der Waals surface area contributed by atoms with Gasteiger partial charge in [-0.3, -0.25) is 4.99 Å². The largest absolute Gasteiger partial charge is 0.361 e. The Morgan fingerprint density at radius 3 is 2.30 bits per heavy atom. The van der Waals surface area contributed by atoms with Crippen molar-refractivity contribution >= 4 is 6.34 Å². The van der Waals surface area contributed by atoms with Crippen LogP contribution in [0.25, 0.3) is 0 Å². The summed E-state index contributed by atoms with van der Waals surface area (Å²) in [6.07, 6.45) is 1.94. The van der Waals surface area contributed by atoms with Gasteiger partial charge in [-0.2, -0.15) is 0 Å². The van der Waals surface area contributed by atoms with Crippen molar-refractivity contribution in [2.24, 2.45) is 10.9 Å². The van der Waals surface area contributed by atoms with Crippen LogP contribution in [0.15, 0.2) is 4.99 Å². The van der Waals surface area contributed by atoms with Crippen molar-refractivity contribution in [2.75, 3.05) is 7.05 Å². The lowest BCUT2D eigenvalue weighted by Crippen LogP contribution is -2.33. The number of hydrogen-bond acceptors (Lipinski definition) is 2. The Labute approximate surface area is 62.9 Å². The summed E-state index contributed by atoms with van der Waals surface area (Å²) in [6.45, 7) is 6.66. The summed E-state index contributed by atoms with van der Waals surface area (Å²) >= 11 is 0. The summed E-state index contributed by atoms with van der Waals surface area (Å²) < 4.78 is 0. The molecule has 0 amide bonds. The number of likely N-dealkylation sites (N-methyl/N-ethyl adjacent to an activating group) is 1. The maximum absolute atomic E-state index is 4.40. The fraction of sp³-hybridized carbons (Fsp3) is 0.875. The van der Waals surface area contributed by atoms with E-state index in [1.807, 2.05) is 6.34 Å². The van der Waals surface area contributed by atoms with Crippen molar-refractivity contribution in [1.82, 2.24) is 4.90 Å². The maximum atomic E-state index is 4.40. The molecule has 0 aromatic rings. The minimum Gasteiger partial charge on any atom is -0.361 e. The molecule has 0 fully saturated rings. The van der Waals surface area contributed by atoms with Crippen LogP contribution in [-0.2, 0) is 0 Å². The third-order valence-electron chi connectivity index (χ3n) is 2.24. The number of nitrogens with zero attached hydrogens (tertiary/aromatic N) is 2. The van der Waals surface area contributed by atoms with Gasteiger partial charge in [0.1, 0.15) is 0 Å². The molecule has 0 spiro atoms. The molecule has 0 aliphatic carbocycles. The zero-order chi connectivity index (χ0) is 7.72. The van der Waals surface area contributed by atoms with Crippen LogP contribution in [0.2, 0.25) is 0 Å². The number of aliphatic imine (C=N–C) groups is 1. The van der Waals surface area contributed by atoms with Gasteiger partial charge in [-0.15, -0.1) is 0 Å². The van der Waals surface area contributed by atoms with E-state index >= 15 is 0 Å². The van der Waals surface area contributed by atoms with E-state index in [-0.39, 0.29) is 0 Å². The van der Waals surface area contributed by atoms with Crippen molar-refractivity contribution < 1.29 is 0 Å². The maximum Gasteiger partial charge on any atom is 0.0854 e. The molecule has 0 saturated heterocycles. The molecular weight excluding hydrogens is 124 g/mol. The van der Waals surface area contributed by atoms with Gasteiger partial charge in [0, 0.05) is 13.1 Å². The van der Waals surface area contributed by atoms with Crippen molar-refractivity contribution in [1.29, 1.82) is 0 Å². The summed E-state index contributed by atoms with van der Waals surface area (Å²) in [5.41, 5.74) is 0. The van der Waals surface area contributed by atoms with Gasteiger partial charge in [-0.05, 0) is 12.8 Å². The van der Waals surface area contributed by atoms with E-state index in [4.69, 9.17) is 0 Å². The van der Waals surface area contributed by atoms with Crippen LogP contribution in [0.5, 0.6) is 0 Å². The van der Waals surface area contributed by atoms with Crippen molar-refractivity contribution in [2.45, 2.75) is 32.9 Å². The highest BCUT2D eigenvalue weighted by Crippen LogP contribution is 2.18. The predicted octanol–water partition coefficient (Wildman–Crippen LogP) is 1.37. The molecule has 2 heteroatoms. The lowest BCUT2D eigenvalue weighted by Gasteiger charge is -2.22. The molecule has 1 rings (SSSR count). The van der Waals surface area contributed by atoms with E-state index in [1.54, 1.807) is 0 Å². The first kappa shape index (κ1) is 7.58. The van der Waals surface area contributed by atoms with Crippen LogP contribution in [0.3, 0.4) is 0 Å². The second kappa shape index (κ2) is 2.60. The fourth-order valence-electron chi connectivity index (χ4n) is 1.38. The summed E-state index contributed by atoms with van der Waals surface area (Å²) in [6, 6.07) is 1.09. The number of rotatable bonds is 1. The van der Waals surface area contributed by atoms with Gasteiger partial charge in [0.25, 0.3) is 0 Å². The van der Waals surface area contributed by atoms with E-state index in [1.165, 1.54) is 0 Å². The SMILES string of the molecule is CC(C)C1N=CN(C)C1C. The Kier molecular flexibility index (Phi) is 1.97.